The van der Waals surface area contributed by atoms with E-state index in [4.69, 9.17) is 0 Å². The number of fused-ring (bicyclic) bond motifs is 2. The molecule has 0 aliphatic carbocycles. The molecule has 0 bridgehead atoms. The molecule has 0 fully saturated rings. The molecule has 2 aromatic heterocycles. The Morgan fingerprint density at radius 2 is 1.53 bits per heavy atom. The van der Waals surface area contributed by atoms with Crippen molar-refractivity contribution in [3.8, 4) is 0 Å². The van der Waals surface area contributed by atoms with Crippen LogP contribution < -0.4 is 5.56 Å². The molecule has 0 radical (unpaired) electrons. The smallest absolute Gasteiger partial charge is 0.261 e. The number of benzene rings is 3. The maximum Gasteiger partial charge on any atom is 0.261 e. The van der Waals surface area contributed by atoms with Gasteiger partial charge in [-0.25, -0.2) is 4.98 Å². The van der Waals surface area contributed by atoms with Crippen molar-refractivity contribution in [2.24, 2.45) is 7.05 Å². The highest BCUT2D eigenvalue weighted by Crippen LogP contribution is 2.24. The molecule has 0 N–H and O–H groups in total. The largest absolute Gasteiger partial charge is 0.342 e. The van der Waals surface area contributed by atoms with Gasteiger partial charge in [0.05, 0.1) is 10.9 Å². The zero-order chi connectivity index (χ0) is 20.5. The Morgan fingerprint density at radius 3 is 2.37 bits per heavy atom. The van der Waals surface area contributed by atoms with Crippen molar-refractivity contribution in [3.63, 3.8) is 0 Å². The minimum atomic E-state index is -0.0354. The zero-order valence-electron chi connectivity index (χ0n) is 16.7. The van der Waals surface area contributed by atoms with Crippen LogP contribution in [0.5, 0.6) is 0 Å². The van der Waals surface area contributed by atoms with Crippen molar-refractivity contribution >= 4 is 34.0 Å². The summed E-state index contributed by atoms with van der Waals surface area (Å²) >= 11 is 0. The Kier molecular flexibility index (Phi) is 4.52. The Bertz CT molecular complexity index is 1440. The fourth-order valence-corrected chi connectivity index (χ4v) is 3.87. The number of hydrogen-bond acceptors (Lipinski definition) is 2. The number of rotatable bonds is 4. The van der Waals surface area contributed by atoms with Crippen LogP contribution in [0.3, 0.4) is 0 Å². The molecule has 0 aliphatic heterocycles. The predicted octanol–water partition coefficient (Wildman–Crippen LogP) is 5.11. The molecule has 5 rings (SSSR count). The summed E-state index contributed by atoms with van der Waals surface area (Å²) in [5.41, 5.74) is 4.22. The molecule has 0 saturated carbocycles. The van der Waals surface area contributed by atoms with E-state index in [1.165, 1.54) is 16.5 Å². The standard InChI is InChI=1S/C26H21N3O/c1-28-25(27-23-13-7-5-12-22(23)26(28)30)16-15-20-18-29(17-19-9-3-2-4-10-19)24-14-8-6-11-21(20)24/h2-16,18H,17H2,1H3. The molecule has 0 atom stereocenters. The van der Waals surface area contributed by atoms with Gasteiger partial charge in [-0.15, -0.1) is 0 Å². The molecule has 2 heterocycles. The molecular formula is C26H21N3O. The molecule has 3 aromatic carbocycles. The minimum Gasteiger partial charge on any atom is -0.342 e. The van der Waals surface area contributed by atoms with Crippen molar-refractivity contribution in [1.82, 2.24) is 14.1 Å². The predicted molar refractivity (Wildman–Crippen MR) is 123 cm³/mol. The lowest BCUT2D eigenvalue weighted by Crippen LogP contribution is -2.20. The Morgan fingerprint density at radius 1 is 0.833 bits per heavy atom. The fraction of sp³-hybridized carbons (Fsp3) is 0.0769. The van der Waals surface area contributed by atoms with E-state index in [2.05, 4.69) is 64.3 Å². The molecule has 0 saturated heterocycles. The van der Waals surface area contributed by atoms with Gasteiger partial charge in [0.1, 0.15) is 5.82 Å². The van der Waals surface area contributed by atoms with Crippen LogP contribution in [0.1, 0.15) is 17.0 Å². The lowest BCUT2D eigenvalue weighted by atomic mass is 10.1. The van der Waals surface area contributed by atoms with Gasteiger partial charge in [-0.1, -0.05) is 60.7 Å². The van der Waals surface area contributed by atoms with Crippen LogP contribution in [-0.2, 0) is 13.6 Å². The molecule has 4 heteroatoms. The van der Waals surface area contributed by atoms with Gasteiger partial charge in [0.25, 0.3) is 5.56 Å². The second kappa shape index (κ2) is 7.48. The van der Waals surface area contributed by atoms with E-state index in [1.54, 1.807) is 11.6 Å². The highest BCUT2D eigenvalue weighted by molar-refractivity contribution is 5.92. The Labute approximate surface area is 174 Å². The van der Waals surface area contributed by atoms with Crippen molar-refractivity contribution in [3.05, 3.63) is 112 Å². The lowest BCUT2D eigenvalue weighted by molar-refractivity contribution is 0.828. The molecule has 146 valence electrons. The summed E-state index contributed by atoms with van der Waals surface area (Å²) in [6, 6.07) is 26.3. The third-order valence-corrected chi connectivity index (χ3v) is 5.44. The molecule has 5 aromatic rings. The van der Waals surface area contributed by atoms with Crippen LogP contribution >= 0.6 is 0 Å². The van der Waals surface area contributed by atoms with Gasteiger partial charge in [0.15, 0.2) is 0 Å². The monoisotopic (exact) mass is 391 g/mol. The minimum absolute atomic E-state index is 0.0354. The fourth-order valence-electron chi connectivity index (χ4n) is 3.87. The van der Waals surface area contributed by atoms with E-state index in [0.29, 0.717) is 16.7 Å². The van der Waals surface area contributed by atoms with E-state index >= 15 is 0 Å². The van der Waals surface area contributed by atoms with Crippen LogP contribution in [0.15, 0.2) is 89.9 Å². The Hall–Kier alpha value is -3.92. The van der Waals surface area contributed by atoms with Crippen molar-refractivity contribution in [1.29, 1.82) is 0 Å². The number of hydrogen-bond donors (Lipinski definition) is 0. The summed E-state index contributed by atoms with van der Waals surface area (Å²) in [6.45, 7) is 0.807. The average molecular weight is 391 g/mol. The lowest BCUT2D eigenvalue weighted by Gasteiger charge is -2.05. The van der Waals surface area contributed by atoms with E-state index in [9.17, 15) is 4.79 Å². The topological polar surface area (TPSA) is 39.8 Å². The van der Waals surface area contributed by atoms with Crippen LogP contribution in [0.4, 0.5) is 0 Å². The molecular weight excluding hydrogens is 370 g/mol. The third-order valence-electron chi connectivity index (χ3n) is 5.44. The zero-order valence-corrected chi connectivity index (χ0v) is 16.7. The highest BCUT2D eigenvalue weighted by Gasteiger charge is 2.08. The maximum atomic E-state index is 12.7. The molecule has 4 nitrogen and oxygen atoms in total. The van der Waals surface area contributed by atoms with Crippen LogP contribution in [0.2, 0.25) is 0 Å². The SMILES string of the molecule is Cn1c(C=Cc2cn(Cc3ccccc3)c3ccccc23)nc2ccccc2c1=O. The molecule has 0 aliphatic rings. The molecule has 0 unspecified atom stereocenters. The van der Waals surface area contributed by atoms with Crippen LogP contribution in [0, 0.1) is 0 Å². The van der Waals surface area contributed by atoms with Gasteiger partial charge >= 0.3 is 0 Å². The summed E-state index contributed by atoms with van der Waals surface area (Å²) < 4.78 is 3.86. The summed E-state index contributed by atoms with van der Waals surface area (Å²) in [5, 5.41) is 1.81. The first kappa shape index (κ1) is 18.1. The van der Waals surface area contributed by atoms with Crippen LogP contribution in [0.25, 0.3) is 34.0 Å². The second-order valence-electron chi connectivity index (χ2n) is 7.40. The van der Waals surface area contributed by atoms with E-state index in [1.807, 2.05) is 42.5 Å². The first-order valence-electron chi connectivity index (χ1n) is 9.96. The summed E-state index contributed by atoms with van der Waals surface area (Å²) in [5.74, 6) is 0.638. The number of aromatic nitrogens is 3. The maximum absolute atomic E-state index is 12.7. The van der Waals surface area contributed by atoms with Crippen molar-refractivity contribution in [2.45, 2.75) is 6.54 Å². The molecule has 0 spiro atoms. The van der Waals surface area contributed by atoms with Gasteiger partial charge in [-0.3, -0.25) is 9.36 Å². The summed E-state index contributed by atoms with van der Waals surface area (Å²) in [7, 11) is 1.76. The molecule has 0 amide bonds. The van der Waals surface area contributed by atoms with Gasteiger partial charge in [0, 0.05) is 36.3 Å². The molecule has 30 heavy (non-hydrogen) atoms. The second-order valence-corrected chi connectivity index (χ2v) is 7.40. The highest BCUT2D eigenvalue weighted by atomic mass is 16.1. The first-order valence-corrected chi connectivity index (χ1v) is 9.96. The van der Waals surface area contributed by atoms with E-state index < -0.39 is 0 Å². The Balaban J connectivity index is 1.58. The number of para-hydroxylation sites is 2. The van der Waals surface area contributed by atoms with Gasteiger partial charge < -0.3 is 4.57 Å². The quantitative estimate of drug-likeness (QED) is 0.427. The van der Waals surface area contributed by atoms with E-state index in [-0.39, 0.29) is 5.56 Å². The van der Waals surface area contributed by atoms with E-state index in [0.717, 1.165) is 12.1 Å². The van der Waals surface area contributed by atoms with Gasteiger partial charge in [0.2, 0.25) is 0 Å². The summed E-state index contributed by atoms with van der Waals surface area (Å²) in [6.07, 6.45) is 6.12. The third kappa shape index (κ3) is 3.22. The van der Waals surface area contributed by atoms with Gasteiger partial charge in [-0.05, 0) is 35.9 Å². The summed E-state index contributed by atoms with van der Waals surface area (Å²) in [4.78, 5) is 17.3. The number of nitrogens with zero attached hydrogens (tertiary/aromatic N) is 3. The van der Waals surface area contributed by atoms with Gasteiger partial charge in [-0.2, -0.15) is 0 Å². The normalized spacial score (nSPS) is 11.6. The average Bonchev–Trinajstić information content (AvgIpc) is 3.13. The van der Waals surface area contributed by atoms with Crippen molar-refractivity contribution < 1.29 is 0 Å². The van der Waals surface area contributed by atoms with Crippen LogP contribution in [-0.4, -0.2) is 14.1 Å². The van der Waals surface area contributed by atoms with Crippen molar-refractivity contribution in [2.75, 3.05) is 0 Å². The first-order chi connectivity index (χ1) is 14.7.